The molecule has 9 heteroatoms. The van der Waals surface area contributed by atoms with Gasteiger partial charge in [-0.2, -0.15) is 13.2 Å². The van der Waals surface area contributed by atoms with Crippen LogP contribution in [0, 0.1) is 0 Å². The number of alkyl halides is 3. The van der Waals surface area contributed by atoms with Crippen LogP contribution in [0.2, 0.25) is 0 Å². The second-order valence-electron chi connectivity index (χ2n) is 8.95. The number of fused-ring (bicyclic) bond motifs is 1. The minimum Gasteiger partial charge on any atom is -0.384 e. The Morgan fingerprint density at radius 2 is 1.74 bits per heavy atom. The highest BCUT2D eigenvalue weighted by molar-refractivity contribution is 6.09. The summed E-state index contributed by atoms with van der Waals surface area (Å²) in [4.78, 5) is 32.0. The molecule has 0 bridgehead atoms. The number of anilines is 3. The van der Waals surface area contributed by atoms with Crippen LogP contribution in [0.25, 0.3) is 11.1 Å². The first-order chi connectivity index (χ1) is 18.2. The van der Waals surface area contributed by atoms with Crippen molar-refractivity contribution in [2.24, 2.45) is 0 Å². The molecule has 3 aromatic carbocycles. The number of aromatic nitrogens is 1. The number of nitrogens with zero attached hydrogens (tertiary/aromatic N) is 2. The number of carbonyl (C=O) groups excluding carboxylic acids is 2. The van der Waals surface area contributed by atoms with E-state index in [0.29, 0.717) is 41.3 Å². The van der Waals surface area contributed by atoms with Crippen molar-refractivity contribution < 1.29 is 22.8 Å². The summed E-state index contributed by atoms with van der Waals surface area (Å²) in [6, 6.07) is 22.2. The summed E-state index contributed by atoms with van der Waals surface area (Å²) in [6.07, 6.45) is -3.91. The molecule has 3 N–H and O–H groups in total. The molecule has 6 nitrogen and oxygen atoms in total. The molecule has 0 spiro atoms. The van der Waals surface area contributed by atoms with Gasteiger partial charge >= 0.3 is 6.18 Å². The quantitative estimate of drug-likeness (QED) is 0.355. The van der Waals surface area contributed by atoms with Gasteiger partial charge in [-0.1, -0.05) is 42.5 Å². The maximum Gasteiger partial charge on any atom is 0.416 e. The first kappa shape index (κ1) is 25.0. The monoisotopic (exact) mass is 516 g/mol. The van der Waals surface area contributed by atoms with Crippen molar-refractivity contribution in [3.05, 3.63) is 107 Å². The maximum atomic E-state index is 13.4. The van der Waals surface area contributed by atoms with Crippen molar-refractivity contribution in [3.8, 4) is 11.1 Å². The van der Waals surface area contributed by atoms with Gasteiger partial charge in [0.1, 0.15) is 5.82 Å². The van der Waals surface area contributed by atoms with Gasteiger partial charge in [0.05, 0.1) is 17.7 Å². The highest BCUT2D eigenvalue weighted by Crippen LogP contribution is 2.35. The molecule has 2 heterocycles. The molecule has 1 aliphatic rings. The van der Waals surface area contributed by atoms with Crippen LogP contribution in [-0.2, 0) is 23.8 Å². The average Bonchev–Trinajstić information content (AvgIpc) is 3.32. The van der Waals surface area contributed by atoms with Gasteiger partial charge < -0.3 is 16.0 Å². The van der Waals surface area contributed by atoms with Crippen molar-refractivity contribution >= 4 is 29.0 Å². The summed E-state index contributed by atoms with van der Waals surface area (Å²) in [7, 11) is 0. The maximum absolute atomic E-state index is 13.4. The number of hydrogen-bond donors (Lipinski definition) is 2. The SMILES string of the molecule is Nc1cccc(CC(=O)N2CCc3cc(NC(=O)c4cc(C(F)(F)F)ccc4-c4ccccc4)ccc32)n1. The zero-order valence-corrected chi connectivity index (χ0v) is 20.1. The lowest BCUT2D eigenvalue weighted by Gasteiger charge is -2.18. The molecule has 0 aliphatic carbocycles. The summed E-state index contributed by atoms with van der Waals surface area (Å²) in [5.41, 5.74) is 8.32. The molecule has 0 fully saturated rings. The first-order valence-corrected chi connectivity index (χ1v) is 11.9. The second kappa shape index (κ2) is 10.0. The molecule has 0 saturated heterocycles. The Morgan fingerprint density at radius 1 is 0.947 bits per heavy atom. The molecule has 0 radical (unpaired) electrons. The van der Waals surface area contributed by atoms with Gasteiger partial charge in [0.25, 0.3) is 5.91 Å². The zero-order chi connectivity index (χ0) is 26.9. The fraction of sp³-hybridized carbons (Fsp3) is 0.138. The molecule has 5 rings (SSSR count). The minimum atomic E-state index is -4.59. The van der Waals surface area contributed by atoms with Crippen LogP contribution in [0.3, 0.4) is 0 Å². The number of halogens is 3. The average molecular weight is 517 g/mol. The van der Waals surface area contributed by atoms with Crippen LogP contribution in [0.4, 0.5) is 30.4 Å². The van der Waals surface area contributed by atoms with E-state index in [1.54, 1.807) is 71.6 Å². The van der Waals surface area contributed by atoms with Gasteiger partial charge in [0.15, 0.2) is 0 Å². The van der Waals surface area contributed by atoms with Gasteiger partial charge in [-0.05, 0) is 65.6 Å². The van der Waals surface area contributed by atoms with E-state index in [4.69, 9.17) is 5.73 Å². The normalized spacial score (nSPS) is 12.8. The number of carbonyl (C=O) groups is 2. The number of nitrogen functional groups attached to an aromatic ring is 1. The van der Waals surface area contributed by atoms with E-state index in [0.717, 1.165) is 23.4 Å². The number of nitrogens with one attached hydrogen (secondary N) is 1. The summed E-state index contributed by atoms with van der Waals surface area (Å²) >= 11 is 0. The Kier molecular flexibility index (Phi) is 6.59. The van der Waals surface area contributed by atoms with Crippen LogP contribution in [0.1, 0.15) is 27.2 Å². The zero-order valence-electron chi connectivity index (χ0n) is 20.1. The smallest absolute Gasteiger partial charge is 0.384 e. The van der Waals surface area contributed by atoms with E-state index >= 15 is 0 Å². The molecule has 0 saturated carbocycles. The molecule has 0 unspecified atom stereocenters. The third-order valence-corrected chi connectivity index (χ3v) is 6.37. The van der Waals surface area contributed by atoms with Crippen molar-refractivity contribution in [1.29, 1.82) is 0 Å². The summed E-state index contributed by atoms with van der Waals surface area (Å²) in [5, 5.41) is 2.73. The molecule has 192 valence electrons. The molecule has 2 amide bonds. The van der Waals surface area contributed by atoms with E-state index in [1.165, 1.54) is 6.07 Å². The molecule has 4 aromatic rings. The van der Waals surface area contributed by atoms with Gasteiger partial charge in [-0.3, -0.25) is 9.59 Å². The second-order valence-corrected chi connectivity index (χ2v) is 8.95. The highest BCUT2D eigenvalue weighted by Gasteiger charge is 2.32. The van der Waals surface area contributed by atoms with Crippen LogP contribution in [0.5, 0.6) is 0 Å². The Balaban J connectivity index is 1.38. The summed E-state index contributed by atoms with van der Waals surface area (Å²) < 4.78 is 40.3. The van der Waals surface area contributed by atoms with Gasteiger partial charge in [-0.25, -0.2) is 4.98 Å². The number of rotatable bonds is 5. The summed E-state index contributed by atoms with van der Waals surface area (Å²) in [5.74, 6) is -0.447. The predicted octanol–water partition coefficient (Wildman–Crippen LogP) is 5.73. The third-order valence-electron chi connectivity index (χ3n) is 6.37. The molecule has 1 aromatic heterocycles. The van der Waals surface area contributed by atoms with Gasteiger partial charge in [0.2, 0.25) is 5.91 Å². The van der Waals surface area contributed by atoms with E-state index < -0.39 is 17.6 Å². The van der Waals surface area contributed by atoms with Crippen molar-refractivity contribution in [3.63, 3.8) is 0 Å². The fourth-order valence-corrected chi connectivity index (χ4v) is 4.56. The standard InChI is InChI=1S/C29H23F3N4O2/c30-29(31,32)20-9-11-23(18-5-2-1-3-6-18)24(16-20)28(38)35-22-10-12-25-19(15-22)13-14-36(25)27(37)17-21-7-4-8-26(33)34-21/h1-12,15-16H,13-14,17H2,(H2,33,34)(H,35,38). The van der Waals surface area contributed by atoms with Crippen molar-refractivity contribution in [2.45, 2.75) is 19.0 Å². The minimum absolute atomic E-state index is 0.0852. The fourth-order valence-electron chi connectivity index (χ4n) is 4.56. The lowest BCUT2D eigenvalue weighted by atomic mass is 9.96. The third kappa shape index (κ3) is 5.22. The predicted molar refractivity (Wildman–Crippen MR) is 140 cm³/mol. The Bertz CT molecular complexity index is 1520. The number of amides is 2. The van der Waals surface area contributed by atoms with Crippen LogP contribution >= 0.6 is 0 Å². The van der Waals surface area contributed by atoms with Crippen LogP contribution in [-0.4, -0.2) is 23.3 Å². The van der Waals surface area contributed by atoms with E-state index in [9.17, 15) is 22.8 Å². The Morgan fingerprint density at radius 3 is 2.47 bits per heavy atom. The molecule has 38 heavy (non-hydrogen) atoms. The van der Waals surface area contributed by atoms with Crippen LogP contribution < -0.4 is 16.0 Å². The lowest BCUT2D eigenvalue weighted by Crippen LogP contribution is -2.30. The van der Waals surface area contributed by atoms with Gasteiger partial charge in [-0.15, -0.1) is 0 Å². The first-order valence-electron chi connectivity index (χ1n) is 11.9. The molecule has 0 atom stereocenters. The number of benzene rings is 3. The van der Waals surface area contributed by atoms with E-state index in [2.05, 4.69) is 10.3 Å². The molecular weight excluding hydrogens is 493 g/mol. The van der Waals surface area contributed by atoms with Crippen LogP contribution in [0.15, 0.2) is 84.9 Å². The molecule has 1 aliphatic heterocycles. The Labute approximate surface area is 216 Å². The lowest BCUT2D eigenvalue weighted by molar-refractivity contribution is -0.137. The highest BCUT2D eigenvalue weighted by atomic mass is 19.4. The van der Waals surface area contributed by atoms with E-state index in [-0.39, 0.29) is 17.9 Å². The number of nitrogens with two attached hydrogens (primary N) is 1. The topological polar surface area (TPSA) is 88.3 Å². The van der Waals surface area contributed by atoms with Crippen molar-refractivity contribution in [2.75, 3.05) is 22.5 Å². The van der Waals surface area contributed by atoms with Gasteiger partial charge in [0, 0.05) is 23.5 Å². The largest absolute Gasteiger partial charge is 0.416 e. The summed E-state index contributed by atoms with van der Waals surface area (Å²) in [6.45, 7) is 0.472. The number of pyridine rings is 1. The number of hydrogen-bond acceptors (Lipinski definition) is 4. The van der Waals surface area contributed by atoms with E-state index in [1.807, 2.05) is 0 Å². The Hall–Kier alpha value is -4.66. The molecular formula is C29H23F3N4O2. The van der Waals surface area contributed by atoms with Crippen molar-refractivity contribution in [1.82, 2.24) is 4.98 Å².